The number of nitrogens with zero attached hydrogens (tertiary/aromatic N) is 3. The second kappa shape index (κ2) is 7.78. The lowest BCUT2D eigenvalue weighted by Crippen LogP contribution is -2.30. The van der Waals surface area contributed by atoms with Gasteiger partial charge >= 0.3 is 5.97 Å². The number of aromatic amines is 1. The largest absolute Gasteiger partial charge is 0.481 e. The van der Waals surface area contributed by atoms with E-state index in [4.69, 9.17) is 5.11 Å². The number of aliphatic carboxylic acids is 1. The molecule has 0 saturated carbocycles. The van der Waals surface area contributed by atoms with Crippen molar-refractivity contribution in [2.45, 2.75) is 18.9 Å². The Kier molecular flexibility index (Phi) is 5.01. The smallest absolute Gasteiger partial charge is 0.303 e. The van der Waals surface area contributed by atoms with Crippen LogP contribution in [0.2, 0.25) is 0 Å². The molecule has 2 heterocycles. The number of nitrogens with one attached hydrogen (secondary N) is 1. The van der Waals surface area contributed by atoms with Crippen molar-refractivity contribution in [2.75, 3.05) is 6.54 Å². The molecule has 0 fully saturated rings. The molecule has 1 aliphatic heterocycles. The number of benzene rings is 2. The van der Waals surface area contributed by atoms with E-state index in [1.165, 1.54) is 12.1 Å². The van der Waals surface area contributed by atoms with Crippen molar-refractivity contribution in [1.29, 1.82) is 0 Å². The third-order valence-electron chi connectivity index (χ3n) is 5.12. The Labute approximate surface area is 171 Å². The van der Waals surface area contributed by atoms with Crippen LogP contribution in [0.3, 0.4) is 0 Å². The molecule has 1 aliphatic rings. The quantitative estimate of drug-likeness (QED) is 0.457. The van der Waals surface area contributed by atoms with Crippen LogP contribution < -0.4 is 0 Å². The van der Waals surface area contributed by atoms with Gasteiger partial charge < -0.3 is 10.0 Å². The fourth-order valence-electron chi connectivity index (χ4n) is 3.77. The zero-order valence-electron chi connectivity index (χ0n) is 15.8. The molecule has 1 amide bonds. The van der Waals surface area contributed by atoms with Gasteiger partial charge in [0, 0.05) is 36.2 Å². The van der Waals surface area contributed by atoms with E-state index >= 15 is 0 Å². The molecule has 2 N–H and O–H groups in total. The zero-order valence-corrected chi connectivity index (χ0v) is 15.8. The van der Waals surface area contributed by atoms with E-state index in [-0.39, 0.29) is 24.6 Å². The van der Waals surface area contributed by atoms with Gasteiger partial charge in [0.15, 0.2) is 0 Å². The number of carbonyl (C=O) groups excluding carboxylic acids is 1. The van der Waals surface area contributed by atoms with Gasteiger partial charge in [-0.15, -0.1) is 0 Å². The molecule has 30 heavy (non-hydrogen) atoms. The summed E-state index contributed by atoms with van der Waals surface area (Å²) in [6.07, 6.45) is 0.234. The number of nitro groups is 1. The summed E-state index contributed by atoms with van der Waals surface area (Å²) in [5.41, 5.74) is 3.16. The highest BCUT2D eigenvalue weighted by Crippen LogP contribution is 2.43. The van der Waals surface area contributed by atoms with Gasteiger partial charge in [-0.3, -0.25) is 24.8 Å². The fraction of sp³-hybridized carbons (Fsp3) is 0.190. The lowest BCUT2D eigenvalue weighted by atomic mass is 9.96. The second-order valence-corrected chi connectivity index (χ2v) is 6.97. The standard InChI is InChI=1S/C21H18N4O5/c26-16(27)7-4-12-24-20(14-8-10-15(11-9-14)25(29)30)17-18(13-5-2-1-3-6-13)22-23-19(17)21(24)28/h1-3,5-6,8-11,20H,4,7,12H2,(H,22,23)(H,26,27)/t20-/m1/s1. The summed E-state index contributed by atoms with van der Waals surface area (Å²) in [5, 5.41) is 27.2. The van der Waals surface area contributed by atoms with E-state index in [1.54, 1.807) is 17.0 Å². The normalized spacial score (nSPS) is 15.3. The maximum atomic E-state index is 13.1. The molecule has 9 nitrogen and oxygen atoms in total. The summed E-state index contributed by atoms with van der Waals surface area (Å²) in [4.78, 5) is 36.1. The minimum Gasteiger partial charge on any atom is -0.481 e. The second-order valence-electron chi connectivity index (χ2n) is 6.97. The SMILES string of the molecule is O=C(O)CCCN1C(=O)c2[nH]nc(-c3ccccc3)c2[C@H]1c1ccc([N+](=O)[O-])cc1. The van der Waals surface area contributed by atoms with Crippen molar-refractivity contribution in [2.24, 2.45) is 0 Å². The number of amides is 1. The molecule has 4 rings (SSSR count). The molecule has 0 bridgehead atoms. The van der Waals surface area contributed by atoms with E-state index in [1.807, 2.05) is 30.3 Å². The zero-order chi connectivity index (χ0) is 21.3. The highest BCUT2D eigenvalue weighted by Gasteiger charge is 2.42. The predicted octanol–water partition coefficient (Wildman–Crippen LogP) is 3.39. The van der Waals surface area contributed by atoms with E-state index < -0.39 is 16.9 Å². The van der Waals surface area contributed by atoms with Crippen LogP contribution in [0.5, 0.6) is 0 Å². The van der Waals surface area contributed by atoms with Crippen LogP contribution >= 0.6 is 0 Å². The molecule has 0 radical (unpaired) electrons. The van der Waals surface area contributed by atoms with Crippen molar-refractivity contribution < 1.29 is 19.6 Å². The fourth-order valence-corrected chi connectivity index (χ4v) is 3.77. The van der Waals surface area contributed by atoms with Crippen LogP contribution in [0, 0.1) is 10.1 Å². The highest BCUT2D eigenvalue weighted by molar-refractivity contribution is 6.00. The van der Waals surface area contributed by atoms with Crippen molar-refractivity contribution in [1.82, 2.24) is 15.1 Å². The predicted molar refractivity (Wildman–Crippen MR) is 107 cm³/mol. The number of fused-ring (bicyclic) bond motifs is 1. The van der Waals surface area contributed by atoms with Crippen molar-refractivity contribution in [3.8, 4) is 11.3 Å². The molecule has 0 saturated heterocycles. The molecule has 3 aromatic rings. The summed E-state index contributed by atoms with van der Waals surface area (Å²) in [6, 6.07) is 14.9. The van der Waals surface area contributed by atoms with Crippen LogP contribution in [0.15, 0.2) is 54.6 Å². The van der Waals surface area contributed by atoms with Crippen molar-refractivity contribution in [3.05, 3.63) is 81.5 Å². The molecular formula is C21H18N4O5. The molecule has 1 atom stereocenters. The number of hydrogen-bond donors (Lipinski definition) is 2. The first-order valence-electron chi connectivity index (χ1n) is 9.38. The first-order chi connectivity index (χ1) is 14.5. The Bertz CT molecular complexity index is 1110. The Morgan fingerprint density at radius 3 is 2.50 bits per heavy atom. The van der Waals surface area contributed by atoms with Crippen LogP contribution in [-0.2, 0) is 4.79 Å². The Morgan fingerprint density at radius 2 is 1.87 bits per heavy atom. The molecule has 1 aromatic heterocycles. The first kappa shape index (κ1) is 19.3. The van der Waals surface area contributed by atoms with E-state index in [0.717, 1.165) is 5.56 Å². The number of carboxylic acids is 1. The Balaban J connectivity index is 1.78. The number of aromatic nitrogens is 2. The lowest BCUT2D eigenvalue weighted by Gasteiger charge is -2.26. The van der Waals surface area contributed by atoms with Crippen LogP contribution in [0.1, 0.15) is 40.5 Å². The number of nitro benzene ring substituents is 1. The summed E-state index contributed by atoms with van der Waals surface area (Å²) < 4.78 is 0. The van der Waals surface area contributed by atoms with Crippen molar-refractivity contribution >= 4 is 17.6 Å². The Morgan fingerprint density at radius 1 is 1.17 bits per heavy atom. The van der Waals surface area contributed by atoms with Gasteiger partial charge in [0.05, 0.1) is 16.7 Å². The number of carbonyl (C=O) groups is 2. The minimum absolute atomic E-state index is 0.0452. The van der Waals surface area contributed by atoms with Crippen LogP contribution in [-0.4, -0.2) is 43.5 Å². The molecule has 9 heteroatoms. The number of non-ortho nitro benzene ring substituents is 1. The summed E-state index contributed by atoms with van der Waals surface area (Å²) in [6.45, 7) is 0.240. The molecule has 152 valence electrons. The third-order valence-corrected chi connectivity index (χ3v) is 5.12. The monoisotopic (exact) mass is 406 g/mol. The number of hydrogen-bond acceptors (Lipinski definition) is 5. The van der Waals surface area contributed by atoms with E-state index in [9.17, 15) is 19.7 Å². The van der Waals surface area contributed by atoms with E-state index in [0.29, 0.717) is 28.9 Å². The molecule has 0 unspecified atom stereocenters. The number of rotatable bonds is 7. The molecule has 2 aromatic carbocycles. The maximum absolute atomic E-state index is 13.1. The molecular weight excluding hydrogens is 388 g/mol. The van der Waals surface area contributed by atoms with Crippen LogP contribution in [0.4, 0.5) is 5.69 Å². The average molecular weight is 406 g/mol. The van der Waals surface area contributed by atoms with Crippen LogP contribution in [0.25, 0.3) is 11.3 Å². The highest BCUT2D eigenvalue weighted by atomic mass is 16.6. The molecule has 0 spiro atoms. The van der Waals surface area contributed by atoms with Gasteiger partial charge in [-0.05, 0) is 24.1 Å². The average Bonchev–Trinajstić information content (AvgIpc) is 3.28. The van der Waals surface area contributed by atoms with Gasteiger partial charge in [-0.1, -0.05) is 30.3 Å². The van der Waals surface area contributed by atoms with Gasteiger partial charge in [-0.2, -0.15) is 5.10 Å². The molecule has 0 aliphatic carbocycles. The van der Waals surface area contributed by atoms with Gasteiger partial charge in [0.2, 0.25) is 0 Å². The minimum atomic E-state index is -0.932. The van der Waals surface area contributed by atoms with Crippen molar-refractivity contribution in [3.63, 3.8) is 0 Å². The van der Waals surface area contributed by atoms with Gasteiger partial charge in [-0.25, -0.2) is 0 Å². The summed E-state index contributed by atoms with van der Waals surface area (Å²) in [7, 11) is 0. The number of H-pyrrole nitrogens is 1. The lowest BCUT2D eigenvalue weighted by molar-refractivity contribution is -0.384. The van der Waals surface area contributed by atoms with Gasteiger partial charge in [0.1, 0.15) is 5.69 Å². The number of carboxylic acid groups (broad SMARTS) is 1. The Hall–Kier alpha value is -4.01. The first-order valence-corrected chi connectivity index (χ1v) is 9.38. The summed E-state index contributed by atoms with van der Waals surface area (Å²) >= 11 is 0. The van der Waals surface area contributed by atoms with E-state index in [2.05, 4.69) is 10.2 Å². The third kappa shape index (κ3) is 3.41. The topological polar surface area (TPSA) is 129 Å². The maximum Gasteiger partial charge on any atom is 0.303 e. The summed E-state index contributed by atoms with van der Waals surface area (Å²) in [5.74, 6) is -1.20. The van der Waals surface area contributed by atoms with Gasteiger partial charge in [0.25, 0.3) is 11.6 Å².